The maximum Gasteiger partial charge on any atom is 0.134 e. The number of nitrogens with zero attached hydrogens (tertiary/aromatic N) is 1. The van der Waals surface area contributed by atoms with Crippen molar-refractivity contribution < 1.29 is 5.11 Å². The van der Waals surface area contributed by atoms with Crippen molar-refractivity contribution in [1.29, 1.82) is 0 Å². The third-order valence-corrected chi connectivity index (χ3v) is 4.59. The molecule has 0 unspecified atom stereocenters. The third-order valence-electron chi connectivity index (χ3n) is 3.95. The topological polar surface area (TPSA) is 35.5 Å². The number of piperazine rings is 1. The second-order valence-electron chi connectivity index (χ2n) is 5.25. The van der Waals surface area contributed by atoms with E-state index in [2.05, 4.69) is 32.2 Å². The van der Waals surface area contributed by atoms with Crippen LogP contribution in [0.2, 0.25) is 0 Å². The molecule has 1 aromatic rings. The van der Waals surface area contributed by atoms with E-state index in [1.165, 1.54) is 12.8 Å². The summed E-state index contributed by atoms with van der Waals surface area (Å²) in [5.41, 5.74) is 1.09. The number of phenolic OH excluding ortho intramolecular Hbond substituents is 1. The Labute approximate surface area is 116 Å². The first-order valence-corrected chi connectivity index (χ1v) is 7.49. The van der Waals surface area contributed by atoms with E-state index in [1.807, 2.05) is 12.1 Å². The van der Waals surface area contributed by atoms with Gasteiger partial charge < -0.3 is 10.4 Å². The standard InChI is InChI=1S/C14H19BrN2O/c15-12-3-1-2-11(14(12)18)13(10-4-5-10)17-8-6-16-7-9-17/h1-3,10,13,16,18H,4-9H2/t13-/m0/s1. The molecule has 2 aliphatic rings. The summed E-state index contributed by atoms with van der Waals surface area (Å²) < 4.78 is 0.806. The van der Waals surface area contributed by atoms with Gasteiger partial charge in [-0.25, -0.2) is 0 Å². The Hall–Kier alpha value is -0.580. The fourth-order valence-electron chi connectivity index (χ4n) is 2.89. The van der Waals surface area contributed by atoms with Crippen LogP contribution in [0.1, 0.15) is 24.4 Å². The molecule has 0 aromatic heterocycles. The average Bonchev–Trinajstić information content (AvgIpc) is 3.21. The summed E-state index contributed by atoms with van der Waals surface area (Å²) in [7, 11) is 0. The van der Waals surface area contributed by atoms with Crippen LogP contribution in [0, 0.1) is 5.92 Å². The lowest BCUT2D eigenvalue weighted by molar-refractivity contribution is 0.153. The summed E-state index contributed by atoms with van der Waals surface area (Å²) in [4.78, 5) is 2.52. The van der Waals surface area contributed by atoms with Gasteiger partial charge in [-0.3, -0.25) is 4.90 Å². The zero-order valence-electron chi connectivity index (χ0n) is 10.4. The Morgan fingerprint density at radius 1 is 1.28 bits per heavy atom. The van der Waals surface area contributed by atoms with Crippen LogP contribution < -0.4 is 5.32 Å². The van der Waals surface area contributed by atoms with E-state index in [-0.39, 0.29) is 0 Å². The minimum absolute atomic E-state index is 0.393. The smallest absolute Gasteiger partial charge is 0.134 e. The summed E-state index contributed by atoms with van der Waals surface area (Å²) in [6.45, 7) is 4.26. The average molecular weight is 311 g/mol. The fourth-order valence-corrected chi connectivity index (χ4v) is 3.27. The highest BCUT2D eigenvalue weighted by molar-refractivity contribution is 9.10. The number of aromatic hydroxyl groups is 1. The van der Waals surface area contributed by atoms with Crippen molar-refractivity contribution in [2.75, 3.05) is 26.2 Å². The van der Waals surface area contributed by atoms with Gasteiger partial charge in [-0.05, 0) is 40.8 Å². The molecule has 0 amide bonds. The molecule has 1 aliphatic heterocycles. The molecule has 3 rings (SSSR count). The quantitative estimate of drug-likeness (QED) is 0.900. The molecule has 1 atom stereocenters. The molecule has 1 saturated carbocycles. The van der Waals surface area contributed by atoms with E-state index >= 15 is 0 Å². The molecule has 2 fully saturated rings. The van der Waals surface area contributed by atoms with Gasteiger partial charge in [-0.1, -0.05) is 12.1 Å². The highest BCUT2D eigenvalue weighted by Crippen LogP contribution is 2.48. The zero-order valence-corrected chi connectivity index (χ0v) is 12.0. The van der Waals surface area contributed by atoms with Crippen molar-refractivity contribution in [2.45, 2.75) is 18.9 Å². The minimum Gasteiger partial charge on any atom is -0.506 e. The monoisotopic (exact) mass is 310 g/mol. The first-order chi connectivity index (χ1) is 8.77. The van der Waals surface area contributed by atoms with Crippen molar-refractivity contribution >= 4 is 15.9 Å². The lowest BCUT2D eigenvalue weighted by atomic mass is 9.99. The van der Waals surface area contributed by atoms with Gasteiger partial charge in [0, 0.05) is 37.8 Å². The molecule has 1 saturated heterocycles. The van der Waals surface area contributed by atoms with Crippen LogP contribution in [0.3, 0.4) is 0 Å². The van der Waals surface area contributed by atoms with E-state index < -0.39 is 0 Å². The van der Waals surface area contributed by atoms with Gasteiger partial charge in [0.25, 0.3) is 0 Å². The van der Waals surface area contributed by atoms with Gasteiger partial charge in [0.15, 0.2) is 0 Å². The lowest BCUT2D eigenvalue weighted by Crippen LogP contribution is -2.45. The van der Waals surface area contributed by atoms with Crippen LogP contribution in [0.15, 0.2) is 22.7 Å². The number of nitrogens with one attached hydrogen (secondary N) is 1. The van der Waals surface area contributed by atoms with Gasteiger partial charge in [0.1, 0.15) is 5.75 Å². The number of hydrogen-bond donors (Lipinski definition) is 2. The van der Waals surface area contributed by atoms with E-state index in [4.69, 9.17) is 0 Å². The molecule has 1 aromatic carbocycles. The Balaban J connectivity index is 1.90. The van der Waals surface area contributed by atoms with Crippen molar-refractivity contribution in [3.05, 3.63) is 28.2 Å². The highest BCUT2D eigenvalue weighted by Gasteiger charge is 2.38. The molecular formula is C14H19BrN2O. The number of phenols is 1. The van der Waals surface area contributed by atoms with E-state index in [1.54, 1.807) is 0 Å². The molecule has 1 heterocycles. The Bertz CT molecular complexity index is 428. The lowest BCUT2D eigenvalue weighted by Gasteiger charge is -2.35. The van der Waals surface area contributed by atoms with Crippen LogP contribution in [0.4, 0.5) is 0 Å². The van der Waals surface area contributed by atoms with Crippen LogP contribution >= 0.6 is 15.9 Å². The largest absolute Gasteiger partial charge is 0.506 e. The fraction of sp³-hybridized carbons (Fsp3) is 0.571. The Morgan fingerprint density at radius 3 is 2.67 bits per heavy atom. The van der Waals surface area contributed by atoms with Crippen molar-refractivity contribution in [3.8, 4) is 5.75 Å². The number of benzene rings is 1. The Kier molecular flexibility index (Phi) is 3.59. The molecule has 3 nitrogen and oxygen atoms in total. The predicted molar refractivity (Wildman–Crippen MR) is 75.7 cm³/mol. The molecule has 0 radical (unpaired) electrons. The molecule has 1 aliphatic carbocycles. The summed E-state index contributed by atoms with van der Waals surface area (Å²) in [5.74, 6) is 1.15. The minimum atomic E-state index is 0.393. The van der Waals surface area contributed by atoms with E-state index in [0.29, 0.717) is 11.8 Å². The van der Waals surface area contributed by atoms with E-state index in [9.17, 15) is 5.11 Å². The summed E-state index contributed by atoms with van der Waals surface area (Å²) in [5, 5.41) is 13.7. The van der Waals surface area contributed by atoms with Gasteiger partial charge >= 0.3 is 0 Å². The van der Waals surface area contributed by atoms with Gasteiger partial charge in [0.2, 0.25) is 0 Å². The predicted octanol–water partition coefficient (Wildman–Crippen LogP) is 2.51. The second-order valence-corrected chi connectivity index (χ2v) is 6.10. The molecule has 0 spiro atoms. The molecule has 2 N–H and O–H groups in total. The van der Waals surface area contributed by atoms with Crippen molar-refractivity contribution in [2.24, 2.45) is 5.92 Å². The number of hydrogen-bond acceptors (Lipinski definition) is 3. The van der Waals surface area contributed by atoms with Gasteiger partial charge in [-0.2, -0.15) is 0 Å². The van der Waals surface area contributed by atoms with Crippen LogP contribution in [0.25, 0.3) is 0 Å². The first kappa shape index (κ1) is 12.5. The molecule has 18 heavy (non-hydrogen) atoms. The number of halogens is 1. The van der Waals surface area contributed by atoms with Crippen molar-refractivity contribution in [3.63, 3.8) is 0 Å². The number of rotatable bonds is 3. The van der Waals surface area contributed by atoms with Crippen LogP contribution in [0.5, 0.6) is 5.75 Å². The molecular weight excluding hydrogens is 292 g/mol. The van der Waals surface area contributed by atoms with Gasteiger partial charge in [-0.15, -0.1) is 0 Å². The van der Waals surface area contributed by atoms with Gasteiger partial charge in [0.05, 0.1) is 4.47 Å². The first-order valence-electron chi connectivity index (χ1n) is 6.69. The second kappa shape index (κ2) is 5.19. The maximum atomic E-state index is 10.3. The SMILES string of the molecule is Oc1c(Br)cccc1[C@H](C1CC1)N1CCNCC1. The molecule has 0 bridgehead atoms. The highest BCUT2D eigenvalue weighted by atomic mass is 79.9. The summed E-state index contributed by atoms with van der Waals surface area (Å²) in [6, 6.07) is 6.40. The normalized spacial score (nSPS) is 22.9. The summed E-state index contributed by atoms with van der Waals surface area (Å²) in [6.07, 6.45) is 2.58. The van der Waals surface area contributed by atoms with E-state index in [0.717, 1.165) is 42.1 Å². The Morgan fingerprint density at radius 2 is 2.00 bits per heavy atom. The van der Waals surface area contributed by atoms with Crippen molar-refractivity contribution in [1.82, 2.24) is 10.2 Å². The maximum absolute atomic E-state index is 10.3. The molecule has 4 heteroatoms. The van der Waals surface area contributed by atoms with Crippen LogP contribution in [-0.2, 0) is 0 Å². The summed E-state index contributed by atoms with van der Waals surface area (Å²) >= 11 is 3.43. The third kappa shape index (κ3) is 2.42. The zero-order chi connectivity index (χ0) is 12.5. The molecule has 98 valence electrons. The number of para-hydroxylation sites is 1. The van der Waals surface area contributed by atoms with Crippen LogP contribution in [-0.4, -0.2) is 36.2 Å².